The maximum Gasteiger partial charge on any atom is 0.243 e. The average molecular weight is 420 g/mol. The van der Waals surface area contributed by atoms with Crippen LogP contribution in [0.25, 0.3) is 0 Å². The van der Waals surface area contributed by atoms with Gasteiger partial charge in [-0.25, -0.2) is 8.42 Å². The summed E-state index contributed by atoms with van der Waals surface area (Å²) in [6, 6.07) is 11.8. The van der Waals surface area contributed by atoms with E-state index in [4.69, 9.17) is 9.47 Å². The van der Waals surface area contributed by atoms with Crippen molar-refractivity contribution in [1.82, 2.24) is 14.2 Å². The molecule has 156 valence electrons. The Hall–Kier alpha value is -2.49. The van der Waals surface area contributed by atoms with Crippen molar-refractivity contribution in [3.63, 3.8) is 0 Å². The molecule has 1 fully saturated rings. The van der Waals surface area contributed by atoms with E-state index in [-0.39, 0.29) is 30.3 Å². The number of aromatic nitrogens is 1. The number of hydrogen-bond acceptors (Lipinski definition) is 6. The minimum Gasteiger partial charge on any atom is -0.491 e. The molecule has 2 heterocycles. The first-order valence-electron chi connectivity index (χ1n) is 9.40. The van der Waals surface area contributed by atoms with Gasteiger partial charge in [-0.1, -0.05) is 6.07 Å². The first-order valence-corrected chi connectivity index (χ1v) is 10.8. The SMILES string of the molecule is COCCOc1ccc(S(=O)(=O)N2CCN(C(=O)Cc3ccccn3)CC2)cc1. The minimum absolute atomic E-state index is 0.0432. The second-order valence-corrected chi connectivity index (χ2v) is 8.53. The molecule has 0 aliphatic carbocycles. The fourth-order valence-electron chi connectivity index (χ4n) is 3.05. The van der Waals surface area contributed by atoms with Crippen molar-refractivity contribution in [2.75, 3.05) is 46.5 Å². The van der Waals surface area contributed by atoms with Crippen LogP contribution in [0.4, 0.5) is 0 Å². The maximum absolute atomic E-state index is 12.9. The lowest BCUT2D eigenvalue weighted by atomic mass is 10.2. The van der Waals surface area contributed by atoms with Gasteiger partial charge in [0.1, 0.15) is 12.4 Å². The molecule has 1 aliphatic heterocycles. The lowest BCUT2D eigenvalue weighted by Crippen LogP contribution is -2.50. The number of amides is 1. The Kier molecular flexibility index (Phi) is 7.18. The fraction of sp³-hybridized carbons (Fsp3) is 0.400. The van der Waals surface area contributed by atoms with Gasteiger partial charge in [0.15, 0.2) is 0 Å². The van der Waals surface area contributed by atoms with Crippen molar-refractivity contribution in [2.45, 2.75) is 11.3 Å². The summed E-state index contributed by atoms with van der Waals surface area (Å²) in [5, 5.41) is 0. The summed E-state index contributed by atoms with van der Waals surface area (Å²) >= 11 is 0. The highest BCUT2D eigenvalue weighted by molar-refractivity contribution is 7.89. The van der Waals surface area contributed by atoms with Gasteiger partial charge >= 0.3 is 0 Å². The van der Waals surface area contributed by atoms with Crippen molar-refractivity contribution in [1.29, 1.82) is 0 Å². The third kappa shape index (κ3) is 5.53. The normalized spacial score (nSPS) is 15.3. The van der Waals surface area contributed by atoms with E-state index in [0.29, 0.717) is 37.7 Å². The Labute approximate surface area is 171 Å². The number of nitrogens with zero attached hydrogens (tertiary/aromatic N) is 3. The smallest absolute Gasteiger partial charge is 0.243 e. The molecule has 0 atom stereocenters. The minimum atomic E-state index is -3.61. The second-order valence-electron chi connectivity index (χ2n) is 6.60. The van der Waals surface area contributed by atoms with Gasteiger partial charge in [0.05, 0.1) is 17.9 Å². The second kappa shape index (κ2) is 9.82. The Morgan fingerprint density at radius 2 is 1.76 bits per heavy atom. The van der Waals surface area contributed by atoms with E-state index in [2.05, 4.69) is 4.98 Å². The highest BCUT2D eigenvalue weighted by atomic mass is 32.2. The summed E-state index contributed by atoms with van der Waals surface area (Å²) < 4.78 is 37.6. The number of carbonyl (C=O) groups excluding carboxylic acids is 1. The highest BCUT2D eigenvalue weighted by Gasteiger charge is 2.30. The molecule has 0 N–H and O–H groups in total. The van der Waals surface area contributed by atoms with Gasteiger partial charge in [-0.2, -0.15) is 4.31 Å². The molecule has 0 spiro atoms. The maximum atomic E-state index is 12.9. The van der Waals surface area contributed by atoms with Crippen molar-refractivity contribution >= 4 is 15.9 Å². The zero-order chi connectivity index (χ0) is 20.7. The van der Waals surface area contributed by atoms with Crippen LogP contribution >= 0.6 is 0 Å². The molecule has 1 aromatic heterocycles. The zero-order valence-corrected chi connectivity index (χ0v) is 17.2. The van der Waals surface area contributed by atoms with E-state index in [0.717, 1.165) is 0 Å². The highest BCUT2D eigenvalue weighted by Crippen LogP contribution is 2.21. The summed E-state index contributed by atoms with van der Waals surface area (Å²) in [5.74, 6) is 0.546. The summed E-state index contributed by atoms with van der Waals surface area (Å²) in [6.45, 7) is 2.12. The molecular formula is C20H25N3O5S. The lowest BCUT2D eigenvalue weighted by molar-refractivity contribution is -0.131. The molecule has 9 heteroatoms. The predicted octanol–water partition coefficient (Wildman–Crippen LogP) is 1.18. The number of hydrogen-bond donors (Lipinski definition) is 0. The third-order valence-corrected chi connectivity index (χ3v) is 6.58. The van der Waals surface area contributed by atoms with Crippen LogP contribution in [0, 0.1) is 0 Å². The Balaban J connectivity index is 1.55. The molecule has 3 rings (SSSR count). The van der Waals surface area contributed by atoms with Crippen LogP contribution in [0.3, 0.4) is 0 Å². The van der Waals surface area contributed by atoms with E-state index in [9.17, 15) is 13.2 Å². The van der Waals surface area contributed by atoms with Gasteiger partial charge in [0.25, 0.3) is 0 Å². The lowest BCUT2D eigenvalue weighted by Gasteiger charge is -2.34. The van der Waals surface area contributed by atoms with Crippen LogP contribution in [0.2, 0.25) is 0 Å². The van der Waals surface area contributed by atoms with Gasteiger partial charge in [-0.15, -0.1) is 0 Å². The predicted molar refractivity (Wildman–Crippen MR) is 107 cm³/mol. The first kappa shape index (κ1) is 21.2. The number of piperazine rings is 1. The Morgan fingerprint density at radius 3 is 2.38 bits per heavy atom. The standard InChI is InChI=1S/C20H25N3O5S/c1-27-14-15-28-18-5-7-19(8-6-18)29(25,26)23-12-10-22(11-13-23)20(24)16-17-4-2-3-9-21-17/h2-9H,10-16H2,1H3. The van der Waals surface area contributed by atoms with Crippen LogP contribution in [0.5, 0.6) is 5.75 Å². The van der Waals surface area contributed by atoms with Crippen LogP contribution < -0.4 is 4.74 Å². The summed E-state index contributed by atoms with van der Waals surface area (Å²) in [6.07, 6.45) is 1.87. The van der Waals surface area contributed by atoms with Gasteiger partial charge in [-0.3, -0.25) is 9.78 Å². The molecule has 1 amide bonds. The molecular weight excluding hydrogens is 394 g/mol. The van der Waals surface area contributed by atoms with Gasteiger partial charge in [0.2, 0.25) is 15.9 Å². The quantitative estimate of drug-likeness (QED) is 0.597. The molecule has 0 radical (unpaired) electrons. The largest absolute Gasteiger partial charge is 0.491 e. The molecule has 29 heavy (non-hydrogen) atoms. The molecule has 2 aromatic rings. The zero-order valence-electron chi connectivity index (χ0n) is 16.4. The monoisotopic (exact) mass is 419 g/mol. The number of benzene rings is 1. The van der Waals surface area contributed by atoms with E-state index in [1.54, 1.807) is 42.5 Å². The topological polar surface area (TPSA) is 89.0 Å². The third-order valence-electron chi connectivity index (χ3n) is 4.67. The average Bonchev–Trinajstić information content (AvgIpc) is 2.75. The van der Waals surface area contributed by atoms with Crippen LogP contribution in [0.15, 0.2) is 53.6 Å². The Bertz CT molecular complexity index is 895. The molecule has 1 aromatic carbocycles. The molecule has 0 bridgehead atoms. The van der Waals surface area contributed by atoms with E-state index in [1.807, 2.05) is 6.07 Å². The van der Waals surface area contributed by atoms with Crippen LogP contribution in [0.1, 0.15) is 5.69 Å². The summed E-state index contributed by atoms with van der Waals surface area (Å²) in [5.41, 5.74) is 0.709. The number of methoxy groups -OCH3 is 1. The first-order chi connectivity index (χ1) is 14.0. The number of pyridine rings is 1. The number of carbonyl (C=O) groups is 1. The van der Waals surface area contributed by atoms with E-state index < -0.39 is 10.0 Å². The molecule has 1 saturated heterocycles. The van der Waals surface area contributed by atoms with E-state index in [1.165, 1.54) is 16.4 Å². The molecule has 0 unspecified atom stereocenters. The summed E-state index contributed by atoms with van der Waals surface area (Å²) in [4.78, 5) is 18.5. The van der Waals surface area contributed by atoms with Crippen molar-refractivity contribution in [3.05, 3.63) is 54.4 Å². The van der Waals surface area contributed by atoms with Crippen LogP contribution in [-0.2, 0) is 26.0 Å². The van der Waals surface area contributed by atoms with E-state index >= 15 is 0 Å². The van der Waals surface area contributed by atoms with Gasteiger partial charge < -0.3 is 14.4 Å². The Morgan fingerprint density at radius 1 is 1.03 bits per heavy atom. The van der Waals surface area contributed by atoms with Crippen molar-refractivity contribution in [3.8, 4) is 5.75 Å². The van der Waals surface area contributed by atoms with Crippen molar-refractivity contribution < 1.29 is 22.7 Å². The molecule has 1 aliphatic rings. The van der Waals surface area contributed by atoms with Gasteiger partial charge in [-0.05, 0) is 36.4 Å². The molecule has 0 saturated carbocycles. The number of ether oxygens (including phenoxy) is 2. The summed E-state index contributed by atoms with van der Waals surface area (Å²) in [7, 11) is -2.02. The molecule has 8 nitrogen and oxygen atoms in total. The fourth-order valence-corrected chi connectivity index (χ4v) is 4.47. The van der Waals surface area contributed by atoms with Crippen molar-refractivity contribution in [2.24, 2.45) is 0 Å². The van der Waals surface area contributed by atoms with Crippen LogP contribution in [-0.4, -0.2) is 75.0 Å². The number of rotatable bonds is 8. The number of sulfonamides is 1. The van der Waals surface area contributed by atoms with Gasteiger partial charge in [0, 0.05) is 45.2 Å².